The molecule has 1 aliphatic heterocycles. The average molecular weight is 406 g/mol. The molecule has 5 nitrogen and oxygen atoms in total. The Morgan fingerprint density at radius 2 is 1.93 bits per heavy atom. The van der Waals surface area contributed by atoms with Crippen molar-refractivity contribution in [2.45, 2.75) is 37.6 Å². The van der Waals surface area contributed by atoms with Gasteiger partial charge in [-0.15, -0.1) is 11.3 Å². The summed E-state index contributed by atoms with van der Waals surface area (Å²) in [5, 5.41) is 6.50. The summed E-state index contributed by atoms with van der Waals surface area (Å²) in [6, 6.07) is 7.71. The number of hydrogen-bond acceptors (Lipinski definition) is 5. The second kappa shape index (κ2) is 8.27. The molecule has 1 N–H and O–H groups in total. The van der Waals surface area contributed by atoms with Crippen LogP contribution in [0.1, 0.15) is 36.9 Å². The summed E-state index contributed by atoms with van der Waals surface area (Å²) in [5.74, 6) is 0.0506. The predicted molar refractivity (Wildman–Crippen MR) is 108 cm³/mol. The number of nitrogens with zero attached hydrogens (tertiary/aromatic N) is 2. The molecule has 1 saturated carbocycles. The smallest absolute Gasteiger partial charge is 0.236 e. The molecule has 1 aromatic carbocycles. The molecule has 1 saturated heterocycles. The zero-order valence-corrected chi connectivity index (χ0v) is 16.8. The van der Waals surface area contributed by atoms with Crippen molar-refractivity contribution < 1.29 is 9.53 Å². The van der Waals surface area contributed by atoms with Crippen molar-refractivity contribution in [2.75, 3.05) is 31.6 Å². The maximum absolute atomic E-state index is 13.2. The molecule has 0 bridgehead atoms. The van der Waals surface area contributed by atoms with Crippen molar-refractivity contribution in [1.29, 1.82) is 0 Å². The van der Waals surface area contributed by atoms with Crippen LogP contribution in [0.2, 0.25) is 5.02 Å². The molecule has 2 fully saturated rings. The Morgan fingerprint density at radius 1 is 1.22 bits per heavy atom. The Morgan fingerprint density at radius 3 is 2.63 bits per heavy atom. The molecule has 2 heterocycles. The molecular formula is C20H24ClN3O2S. The third-order valence-corrected chi connectivity index (χ3v) is 6.61. The molecule has 1 aliphatic carbocycles. The van der Waals surface area contributed by atoms with Crippen LogP contribution in [0.5, 0.6) is 0 Å². The van der Waals surface area contributed by atoms with Crippen molar-refractivity contribution in [2.24, 2.45) is 0 Å². The van der Waals surface area contributed by atoms with Crippen LogP contribution in [0, 0.1) is 0 Å². The first-order valence-electron chi connectivity index (χ1n) is 9.48. The van der Waals surface area contributed by atoms with Crippen LogP contribution in [0.3, 0.4) is 0 Å². The highest BCUT2D eigenvalue weighted by Crippen LogP contribution is 2.42. The van der Waals surface area contributed by atoms with E-state index in [2.05, 4.69) is 15.2 Å². The zero-order chi connectivity index (χ0) is 18.7. The number of aromatic nitrogens is 1. The summed E-state index contributed by atoms with van der Waals surface area (Å²) in [4.78, 5) is 20.2. The Kier molecular flexibility index (Phi) is 5.78. The Labute approximate surface area is 168 Å². The zero-order valence-electron chi connectivity index (χ0n) is 15.2. The fourth-order valence-corrected chi connectivity index (χ4v) is 4.86. The molecule has 1 aromatic heterocycles. The van der Waals surface area contributed by atoms with Crippen LogP contribution in [0.4, 0.5) is 5.13 Å². The standard InChI is InChI=1S/C20H24ClN3O2S/c21-16-5-3-15(4-6-16)20(7-1-2-8-20)18(25)23-19-22-17(14-27-19)13-24-9-11-26-12-10-24/h3-6,14H,1-2,7-13H2,(H,22,23,25). The van der Waals surface area contributed by atoms with E-state index in [0.717, 1.165) is 69.8 Å². The van der Waals surface area contributed by atoms with Gasteiger partial charge in [-0.2, -0.15) is 0 Å². The molecular weight excluding hydrogens is 382 g/mol. The average Bonchev–Trinajstić information content (AvgIpc) is 3.34. The van der Waals surface area contributed by atoms with Crippen LogP contribution < -0.4 is 5.32 Å². The number of anilines is 1. The quantitative estimate of drug-likeness (QED) is 0.814. The second-order valence-corrected chi connectivity index (χ2v) is 8.58. The molecule has 2 aromatic rings. The Bertz CT molecular complexity index is 781. The first-order valence-corrected chi connectivity index (χ1v) is 10.7. The number of ether oxygens (including phenoxy) is 1. The first kappa shape index (κ1) is 18.9. The highest BCUT2D eigenvalue weighted by atomic mass is 35.5. The summed E-state index contributed by atoms with van der Waals surface area (Å²) in [7, 11) is 0. The van der Waals surface area contributed by atoms with Gasteiger partial charge in [-0.3, -0.25) is 9.69 Å². The molecule has 0 unspecified atom stereocenters. The van der Waals surface area contributed by atoms with Crippen LogP contribution in [-0.4, -0.2) is 42.1 Å². The van der Waals surface area contributed by atoms with Gasteiger partial charge in [0, 0.05) is 30.0 Å². The number of hydrogen-bond donors (Lipinski definition) is 1. The van der Waals surface area contributed by atoms with E-state index in [-0.39, 0.29) is 5.91 Å². The van der Waals surface area contributed by atoms with Crippen molar-refractivity contribution in [1.82, 2.24) is 9.88 Å². The van der Waals surface area contributed by atoms with E-state index in [9.17, 15) is 4.79 Å². The number of nitrogens with one attached hydrogen (secondary N) is 1. The van der Waals surface area contributed by atoms with Crippen LogP contribution >= 0.6 is 22.9 Å². The van der Waals surface area contributed by atoms with Gasteiger partial charge in [-0.25, -0.2) is 4.98 Å². The molecule has 1 amide bonds. The fraction of sp³-hybridized carbons (Fsp3) is 0.500. The molecule has 27 heavy (non-hydrogen) atoms. The van der Waals surface area contributed by atoms with Gasteiger partial charge >= 0.3 is 0 Å². The van der Waals surface area contributed by atoms with E-state index < -0.39 is 5.41 Å². The lowest BCUT2D eigenvalue weighted by atomic mass is 9.78. The van der Waals surface area contributed by atoms with Crippen LogP contribution in [-0.2, 0) is 21.5 Å². The third-order valence-electron chi connectivity index (χ3n) is 5.55. The summed E-state index contributed by atoms with van der Waals surface area (Å²) in [6.07, 6.45) is 3.87. The fourth-order valence-electron chi connectivity index (χ4n) is 4.04. The maximum atomic E-state index is 13.2. The number of carbonyl (C=O) groups is 1. The molecule has 144 valence electrons. The van der Waals surface area contributed by atoms with E-state index in [0.29, 0.717) is 10.2 Å². The Hall–Kier alpha value is -1.47. The summed E-state index contributed by atoms with van der Waals surface area (Å²) in [5.41, 5.74) is 1.58. The Balaban J connectivity index is 1.46. The maximum Gasteiger partial charge on any atom is 0.236 e. The number of carbonyl (C=O) groups excluding carboxylic acids is 1. The summed E-state index contributed by atoms with van der Waals surface area (Å²) < 4.78 is 5.39. The molecule has 7 heteroatoms. The van der Waals surface area contributed by atoms with Crippen LogP contribution in [0.25, 0.3) is 0 Å². The minimum Gasteiger partial charge on any atom is -0.379 e. The predicted octanol–water partition coefficient (Wildman–Crippen LogP) is 4.08. The minimum absolute atomic E-state index is 0.0506. The SMILES string of the molecule is O=C(Nc1nc(CN2CCOCC2)cs1)C1(c2ccc(Cl)cc2)CCCC1. The number of benzene rings is 1. The van der Waals surface area contributed by atoms with E-state index in [1.165, 1.54) is 11.3 Å². The lowest BCUT2D eigenvalue weighted by molar-refractivity contribution is -0.121. The van der Waals surface area contributed by atoms with Gasteiger partial charge in [-0.1, -0.05) is 36.6 Å². The summed E-state index contributed by atoms with van der Waals surface area (Å²) in [6.45, 7) is 4.21. The number of rotatable bonds is 5. The van der Waals surface area contributed by atoms with Crippen molar-refractivity contribution in [3.8, 4) is 0 Å². The largest absolute Gasteiger partial charge is 0.379 e. The molecule has 4 rings (SSSR count). The monoisotopic (exact) mass is 405 g/mol. The van der Waals surface area contributed by atoms with Crippen LogP contribution in [0.15, 0.2) is 29.6 Å². The number of thiazole rings is 1. The first-order chi connectivity index (χ1) is 13.2. The van der Waals surface area contributed by atoms with Gasteiger partial charge < -0.3 is 10.1 Å². The molecule has 0 radical (unpaired) electrons. The van der Waals surface area contributed by atoms with Gasteiger partial charge in [0.15, 0.2) is 5.13 Å². The van der Waals surface area contributed by atoms with E-state index in [4.69, 9.17) is 16.3 Å². The van der Waals surface area contributed by atoms with Gasteiger partial charge in [0.2, 0.25) is 5.91 Å². The highest BCUT2D eigenvalue weighted by molar-refractivity contribution is 7.13. The number of amides is 1. The van der Waals surface area contributed by atoms with Crippen molar-refractivity contribution in [3.63, 3.8) is 0 Å². The second-order valence-electron chi connectivity index (χ2n) is 7.28. The lowest BCUT2D eigenvalue weighted by Crippen LogP contribution is -2.38. The highest BCUT2D eigenvalue weighted by Gasteiger charge is 2.43. The van der Waals surface area contributed by atoms with Crippen molar-refractivity contribution >= 4 is 34.0 Å². The number of morpholine rings is 1. The normalized spacial score (nSPS) is 19.9. The minimum atomic E-state index is -0.472. The van der Waals surface area contributed by atoms with E-state index in [1.54, 1.807) is 0 Å². The van der Waals surface area contributed by atoms with Gasteiger partial charge in [0.05, 0.1) is 24.3 Å². The van der Waals surface area contributed by atoms with Gasteiger partial charge in [0.25, 0.3) is 0 Å². The number of halogens is 1. The van der Waals surface area contributed by atoms with Gasteiger partial charge in [-0.05, 0) is 30.5 Å². The third kappa shape index (κ3) is 4.19. The molecule has 2 aliphatic rings. The molecule has 0 atom stereocenters. The lowest BCUT2D eigenvalue weighted by Gasteiger charge is -2.28. The van der Waals surface area contributed by atoms with E-state index >= 15 is 0 Å². The van der Waals surface area contributed by atoms with Crippen molar-refractivity contribution in [3.05, 3.63) is 45.9 Å². The van der Waals surface area contributed by atoms with E-state index in [1.807, 2.05) is 29.6 Å². The van der Waals surface area contributed by atoms with Gasteiger partial charge in [0.1, 0.15) is 0 Å². The molecule has 0 spiro atoms. The summed E-state index contributed by atoms with van der Waals surface area (Å²) >= 11 is 7.53. The topological polar surface area (TPSA) is 54.5 Å².